The molecule has 0 atom stereocenters. The average Bonchev–Trinajstić information content (AvgIpc) is 2.84. The minimum Gasteiger partial charge on any atom is -0.342 e. The van der Waals surface area contributed by atoms with Gasteiger partial charge in [0.05, 0.1) is 0 Å². The maximum atomic E-state index is 13.4. The van der Waals surface area contributed by atoms with Crippen molar-refractivity contribution in [3.05, 3.63) is 0 Å². The van der Waals surface area contributed by atoms with Crippen molar-refractivity contribution in [2.75, 3.05) is 26.2 Å². The van der Waals surface area contributed by atoms with E-state index in [0.29, 0.717) is 0 Å². The van der Waals surface area contributed by atoms with Crippen LogP contribution in [0.2, 0.25) is 0 Å². The highest BCUT2D eigenvalue weighted by molar-refractivity contribution is 5.96. The first-order chi connectivity index (χ1) is 18.5. The van der Waals surface area contributed by atoms with Crippen LogP contribution in [-0.4, -0.2) is 47.8 Å². The van der Waals surface area contributed by atoms with Crippen molar-refractivity contribution in [1.82, 2.24) is 9.80 Å². The Balaban J connectivity index is 4.95. The summed E-state index contributed by atoms with van der Waals surface area (Å²) < 4.78 is 0. The van der Waals surface area contributed by atoms with E-state index in [-0.39, 0.29) is 18.2 Å². The molecule has 0 fully saturated rings. The molecule has 0 aromatic heterocycles. The zero-order valence-electron chi connectivity index (χ0n) is 27.9. The molecule has 0 N–H and O–H groups in total. The molecule has 0 radical (unpaired) electrons. The molecule has 0 rings (SSSR count). The quantitative estimate of drug-likeness (QED) is 0.0794. The number of hydrogen-bond acceptors (Lipinski definition) is 2. The molecule has 0 saturated carbocycles. The van der Waals surface area contributed by atoms with Gasteiger partial charge in [-0.15, -0.1) is 0 Å². The summed E-state index contributed by atoms with van der Waals surface area (Å²) in [7, 11) is 0. The van der Waals surface area contributed by atoms with Gasteiger partial charge in [-0.25, -0.2) is 0 Å². The second-order valence-electron chi connectivity index (χ2n) is 13.9. The molecule has 4 nitrogen and oxygen atoms in total. The Morgan fingerprint density at radius 3 is 0.821 bits per heavy atom. The van der Waals surface area contributed by atoms with Gasteiger partial charge in [-0.05, 0) is 49.4 Å². The van der Waals surface area contributed by atoms with Gasteiger partial charge >= 0.3 is 0 Å². The molecule has 0 saturated heterocycles. The van der Waals surface area contributed by atoms with E-state index >= 15 is 0 Å². The lowest BCUT2D eigenvalue weighted by atomic mass is 10.0. The van der Waals surface area contributed by atoms with Crippen molar-refractivity contribution in [1.29, 1.82) is 0 Å². The third kappa shape index (κ3) is 24.5. The second kappa shape index (κ2) is 24.7. The predicted octanol–water partition coefficient (Wildman–Crippen LogP) is 9.90. The molecule has 0 aliphatic heterocycles. The minimum absolute atomic E-state index is 0.0516. The Labute approximate surface area is 245 Å². The SMILES string of the molecule is CC(C)CCCCCN(CCCCCC(C)C)C(=O)CC(=O)N(CCCCCC(C)C)CCCCCC(C)C. The standard InChI is InChI=1S/C35H70N2O2/c1-30(2)21-13-9-17-25-36(26-18-10-14-22-31(3)4)34(38)29-35(39)37(27-19-11-15-23-32(5)6)28-20-12-16-24-33(7)8/h30-33H,9-29H2,1-8H3. The van der Waals surface area contributed by atoms with Crippen LogP contribution in [-0.2, 0) is 9.59 Å². The van der Waals surface area contributed by atoms with Gasteiger partial charge in [-0.2, -0.15) is 0 Å². The van der Waals surface area contributed by atoms with Gasteiger partial charge in [-0.3, -0.25) is 9.59 Å². The summed E-state index contributed by atoms with van der Waals surface area (Å²) in [6, 6.07) is 0. The van der Waals surface area contributed by atoms with Crippen LogP contribution in [0.3, 0.4) is 0 Å². The van der Waals surface area contributed by atoms with Crippen LogP contribution in [0.15, 0.2) is 0 Å². The fourth-order valence-electron chi connectivity index (χ4n) is 5.20. The van der Waals surface area contributed by atoms with Crippen molar-refractivity contribution in [3.63, 3.8) is 0 Å². The smallest absolute Gasteiger partial charge is 0.232 e. The lowest BCUT2D eigenvalue weighted by molar-refractivity contribution is -0.140. The van der Waals surface area contributed by atoms with Gasteiger partial charge in [-0.1, -0.05) is 132 Å². The lowest BCUT2D eigenvalue weighted by Crippen LogP contribution is -2.39. The van der Waals surface area contributed by atoms with E-state index in [1.807, 2.05) is 9.80 Å². The minimum atomic E-state index is 0.0516. The summed E-state index contributed by atoms with van der Waals surface area (Å²) in [5.74, 6) is 3.06. The van der Waals surface area contributed by atoms with E-state index in [0.717, 1.165) is 75.5 Å². The number of unbranched alkanes of at least 4 members (excludes halogenated alkanes) is 8. The highest BCUT2D eigenvalue weighted by Crippen LogP contribution is 2.15. The summed E-state index contributed by atoms with van der Waals surface area (Å²) in [6.45, 7) is 21.4. The number of carbonyl (C=O) groups excluding carboxylic acids is 2. The summed E-state index contributed by atoms with van der Waals surface area (Å²) in [4.78, 5) is 30.8. The first kappa shape index (κ1) is 37.9. The maximum absolute atomic E-state index is 13.4. The summed E-state index contributed by atoms with van der Waals surface area (Å²) in [5, 5.41) is 0. The van der Waals surface area contributed by atoms with Crippen LogP contribution < -0.4 is 0 Å². The third-order valence-corrected chi connectivity index (χ3v) is 7.85. The van der Waals surface area contributed by atoms with Crippen molar-refractivity contribution in [2.45, 2.75) is 165 Å². The molecule has 2 amide bonds. The first-order valence-corrected chi connectivity index (χ1v) is 17.1. The molecule has 39 heavy (non-hydrogen) atoms. The maximum Gasteiger partial charge on any atom is 0.232 e. The molecule has 0 unspecified atom stereocenters. The molecular weight excluding hydrogens is 480 g/mol. The van der Waals surface area contributed by atoms with Crippen LogP contribution in [0.1, 0.15) is 165 Å². The van der Waals surface area contributed by atoms with Gasteiger partial charge in [0, 0.05) is 26.2 Å². The molecule has 0 bridgehead atoms. The molecule has 0 aliphatic rings. The second-order valence-corrected chi connectivity index (χ2v) is 13.9. The average molecular weight is 551 g/mol. The fourth-order valence-corrected chi connectivity index (χ4v) is 5.20. The van der Waals surface area contributed by atoms with Crippen LogP contribution in [0.5, 0.6) is 0 Å². The topological polar surface area (TPSA) is 40.6 Å². The molecule has 0 spiro atoms. The van der Waals surface area contributed by atoms with E-state index in [9.17, 15) is 9.59 Å². The molecule has 0 aliphatic carbocycles. The number of hydrogen-bond donors (Lipinski definition) is 0. The van der Waals surface area contributed by atoms with Crippen molar-refractivity contribution < 1.29 is 9.59 Å². The van der Waals surface area contributed by atoms with Crippen LogP contribution in [0.25, 0.3) is 0 Å². The monoisotopic (exact) mass is 551 g/mol. The molecule has 0 heterocycles. The zero-order chi connectivity index (χ0) is 29.5. The number of nitrogens with zero attached hydrogens (tertiary/aromatic N) is 2. The van der Waals surface area contributed by atoms with Gasteiger partial charge in [0.1, 0.15) is 6.42 Å². The Hall–Kier alpha value is -1.06. The van der Waals surface area contributed by atoms with Crippen molar-refractivity contribution >= 4 is 11.8 Å². The molecule has 232 valence electrons. The van der Waals surface area contributed by atoms with Gasteiger partial charge in [0.25, 0.3) is 0 Å². The molecule has 4 heteroatoms. The van der Waals surface area contributed by atoms with Crippen molar-refractivity contribution in [3.8, 4) is 0 Å². The number of amides is 2. The highest BCUT2D eigenvalue weighted by Gasteiger charge is 2.21. The normalized spacial score (nSPS) is 11.8. The van der Waals surface area contributed by atoms with Gasteiger partial charge < -0.3 is 9.80 Å². The molecule has 0 aromatic rings. The van der Waals surface area contributed by atoms with E-state index in [2.05, 4.69) is 55.4 Å². The van der Waals surface area contributed by atoms with E-state index in [1.54, 1.807) is 0 Å². The third-order valence-electron chi connectivity index (χ3n) is 7.85. The largest absolute Gasteiger partial charge is 0.342 e. The van der Waals surface area contributed by atoms with Crippen LogP contribution >= 0.6 is 0 Å². The lowest BCUT2D eigenvalue weighted by Gasteiger charge is -2.26. The Morgan fingerprint density at radius 1 is 0.385 bits per heavy atom. The first-order valence-electron chi connectivity index (χ1n) is 17.1. The van der Waals surface area contributed by atoms with Gasteiger partial charge in [0.2, 0.25) is 11.8 Å². The molecule has 0 aromatic carbocycles. The van der Waals surface area contributed by atoms with Crippen LogP contribution in [0.4, 0.5) is 0 Å². The van der Waals surface area contributed by atoms with Crippen molar-refractivity contribution in [2.24, 2.45) is 23.7 Å². The Bertz CT molecular complexity index is 499. The molecular formula is C35H70N2O2. The number of rotatable bonds is 26. The Morgan fingerprint density at radius 2 is 0.615 bits per heavy atom. The van der Waals surface area contributed by atoms with E-state index in [4.69, 9.17) is 0 Å². The summed E-state index contributed by atoms with van der Waals surface area (Å²) >= 11 is 0. The number of carbonyl (C=O) groups is 2. The highest BCUT2D eigenvalue weighted by atomic mass is 16.2. The predicted molar refractivity (Wildman–Crippen MR) is 171 cm³/mol. The summed E-state index contributed by atoms with van der Waals surface area (Å²) in [6.07, 6.45) is 18.9. The van der Waals surface area contributed by atoms with E-state index < -0.39 is 0 Å². The Kier molecular flexibility index (Phi) is 24.0. The van der Waals surface area contributed by atoms with E-state index in [1.165, 1.54) is 77.0 Å². The zero-order valence-corrected chi connectivity index (χ0v) is 27.9. The van der Waals surface area contributed by atoms with Gasteiger partial charge in [0.15, 0.2) is 0 Å². The fraction of sp³-hybridized carbons (Fsp3) is 0.943. The summed E-state index contributed by atoms with van der Waals surface area (Å²) in [5.41, 5.74) is 0. The van der Waals surface area contributed by atoms with Crippen LogP contribution in [0, 0.1) is 23.7 Å².